The maximum absolute atomic E-state index is 10.2. The monoisotopic (exact) mass is 373 g/mol. The van der Waals surface area contributed by atoms with Crippen molar-refractivity contribution in [3.05, 3.63) is 83.9 Å². The number of nitrogens with zero attached hydrogens (tertiary/aromatic N) is 4. The number of hydrogen-bond donors (Lipinski definition) is 2. The summed E-state index contributed by atoms with van der Waals surface area (Å²) in [6, 6.07) is 11.0. The van der Waals surface area contributed by atoms with E-state index in [1.54, 1.807) is 18.7 Å². The average molecular weight is 373 g/mol. The molecular formula is C21H19N5O2. The van der Waals surface area contributed by atoms with E-state index >= 15 is 0 Å². The van der Waals surface area contributed by atoms with Gasteiger partial charge in [-0.1, -0.05) is 18.2 Å². The van der Waals surface area contributed by atoms with Crippen molar-refractivity contribution in [2.24, 2.45) is 0 Å². The molecule has 0 spiro atoms. The summed E-state index contributed by atoms with van der Waals surface area (Å²) in [7, 11) is 0. The number of nitrogens with one attached hydrogen (secondary N) is 1. The predicted molar refractivity (Wildman–Crippen MR) is 102 cm³/mol. The fourth-order valence-corrected chi connectivity index (χ4v) is 3.74. The molecule has 0 fully saturated rings. The summed E-state index contributed by atoms with van der Waals surface area (Å²) in [6.45, 7) is 1.46. The van der Waals surface area contributed by atoms with E-state index in [1.807, 2.05) is 42.7 Å². The van der Waals surface area contributed by atoms with Crippen LogP contribution in [0.3, 0.4) is 0 Å². The molecule has 1 unspecified atom stereocenters. The number of phenols is 1. The van der Waals surface area contributed by atoms with Gasteiger partial charge in [-0.3, -0.25) is 4.90 Å². The van der Waals surface area contributed by atoms with E-state index < -0.39 is 0 Å². The number of hydrogen-bond acceptors (Lipinski definition) is 6. The van der Waals surface area contributed by atoms with Gasteiger partial charge in [0.15, 0.2) is 11.6 Å². The second-order valence-electron chi connectivity index (χ2n) is 6.84. The van der Waals surface area contributed by atoms with Gasteiger partial charge in [-0.15, -0.1) is 0 Å². The summed E-state index contributed by atoms with van der Waals surface area (Å²) in [5, 5.41) is 10.2. The van der Waals surface area contributed by atoms with Crippen LogP contribution in [0.2, 0.25) is 0 Å². The minimum Gasteiger partial charge on any atom is -0.508 e. The smallest absolute Gasteiger partial charge is 0.195 e. The van der Waals surface area contributed by atoms with Crippen LogP contribution < -0.4 is 0 Å². The van der Waals surface area contributed by atoms with Gasteiger partial charge in [0.2, 0.25) is 0 Å². The summed E-state index contributed by atoms with van der Waals surface area (Å²) in [4.78, 5) is 19.1. The SMILES string of the molecule is Oc1ccccc1CN1CCc2[nH]cnc2C1c1cnc(-c2ccco2)nc1. The number of furan rings is 1. The summed E-state index contributed by atoms with van der Waals surface area (Å²) >= 11 is 0. The van der Waals surface area contributed by atoms with E-state index in [4.69, 9.17) is 4.42 Å². The Balaban J connectivity index is 1.51. The Morgan fingerprint density at radius 3 is 2.75 bits per heavy atom. The third-order valence-corrected chi connectivity index (χ3v) is 5.12. The molecule has 0 aliphatic carbocycles. The van der Waals surface area contributed by atoms with E-state index in [0.717, 1.165) is 35.5 Å². The van der Waals surface area contributed by atoms with Crippen LogP contribution in [0.25, 0.3) is 11.6 Å². The van der Waals surface area contributed by atoms with Gasteiger partial charge < -0.3 is 14.5 Å². The predicted octanol–water partition coefficient (Wildman–Crippen LogP) is 3.31. The molecule has 0 saturated heterocycles. The van der Waals surface area contributed by atoms with Gasteiger partial charge in [0.1, 0.15) is 5.75 Å². The van der Waals surface area contributed by atoms with Crippen LogP contribution in [-0.2, 0) is 13.0 Å². The molecule has 0 saturated carbocycles. The maximum Gasteiger partial charge on any atom is 0.195 e. The Kier molecular flexibility index (Phi) is 4.14. The van der Waals surface area contributed by atoms with Crippen molar-refractivity contribution in [2.75, 3.05) is 6.54 Å². The lowest BCUT2D eigenvalue weighted by Crippen LogP contribution is -2.36. The topological polar surface area (TPSA) is 91.1 Å². The molecule has 1 aromatic carbocycles. The Hall–Kier alpha value is -3.45. The Morgan fingerprint density at radius 1 is 1.11 bits per heavy atom. The van der Waals surface area contributed by atoms with Crippen LogP contribution in [-0.4, -0.2) is 36.5 Å². The van der Waals surface area contributed by atoms with Crippen LogP contribution in [0.4, 0.5) is 0 Å². The molecule has 2 N–H and O–H groups in total. The lowest BCUT2D eigenvalue weighted by molar-refractivity contribution is 0.197. The van der Waals surface area contributed by atoms with E-state index in [9.17, 15) is 5.11 Å². The first kappa shape index (κ1) is 16.7. The molecule has 4 aromatic rings. The summed E-state index contributed by atoms with van der Waals surface area (Å²) in [5.41, 5.74) is 3.96. The summed E-state index contributed by atoms with van der Waals surface area (Å²) < 4.78 is 5.38. The third kappa shape index (κ3) is 2.95. The molecule has 0 bridgehead atoms. The van der Waals surface area contributed by atoms with Crippen LogP contribution >= 0.6 is 0 Å². The number of para-hydroxylation sites is 1. The van der Waals surface area contributed by atoms with Crippen LogP contribution in [0.5, 0.6) is 5.75 Å². The normalized spacial score (nSPS) is 16.8. The number of benzene rings is 1. The second kappa shape index (κ2) is 6.94. The Labute approximate surface area is 161 Å². The number of imidazole rings is 1. The van der Waals surface area contributed by atoms with E-state index in [2.05, 4.69) is 24.8 Å². The molecule has 4 heterocycles. The highest BCUT2D eigenvalue weighted by Crippen LogP contribution is 2.35. The first-order valence-corrected chi connectivity index (χ1v) is 9.18. The first-order chi connectivity index (χ1) is 13.8. The highest BCUT2D eigenvalue weighted by Gasteiger charge is 2.32. The molecule has 7 nitrogen and oxygen atoms in total. The van der Waals surface area contributed by atoms with Crippen molar-refractivity contribution in [1.82, 2.24) is 24.8 Å². The average Bonchev–Trinajstić information content (AvgIpc) is 3.42. The van der Waals surface area contributed by atoms with Gasteiger partial charge in [0, 0.05) is 48.7 Å². The number of H-pyrrole nitrogens is 1. The van der Waals surface area contributed by atoms with Crippen LogP contribution in [0, 0.1) is 0 Å². The zero-order chi connectivity index (χ0) is 18.9. The summed E-state index contributed by atoms with van der Waals surface area (Å²) in [6.07, 6.45) is 7.89. The molecule has 28 heavy (non-hydrogen) atoms. The number of aromatic amines is 1. The minimum atomic E-state index is -0.0831. The molecular weight excluding hydrogens is 354 g/mol. The highest BCUT2D eigenvalue weighted by molar-refractivity contribution is 5.46. The number of phenolic OH excluding ortho intramolecular Hbond substituents is 1. The molecule has 1 aliphatic rings. The van der Waals surface area contributed by atoms with Crippen molar-refractivity contribution < 1.29 is 9.52 Å². The van der Waals surface area contributed by atoms with Gasteiger partial charge in [-0.2, -0.15) is 0 Å². The van der Waals surface area contributed by atoms with Gasteiger partial charge in [0.25, 0.3) is 0 Å². The Morgan fingerprint density at radius 2 is 1.96 bits per heavy atom. The molecule has 140 valence electrons. The quantitative estimate of drug-likeness (QED) is 0.570. The van der Waals surface area contributed by atoms with Crippen molar-refractivity contribution >= 4 is 0 Å². The van der Waals surface area contributed by atoms with Crippen molar-refractivity contribution in [1.29, 1.82) is 0 Å². The fraction of sp³-hybridized carbons (Fsp3) is 0.190. The van der Waals surface area contributed by atoms with E-state index in [-0.39, 0.29) is 6.04 Å². The molecule has 1 aliphatic heterocycles. The third-order valence-electron chi connectivity index (χ3n) is 5.12. The van der Waals surface area contributed by atoms with E-state index in [0.29, 0.717) is 23.9 Å². The fourth-order valence-electron chi connectivity index (χ4n) is 3.74. The molecule has 1 atom stereocenters. The second-order valence-corrected chi connectivity index (χ2v) is 6.84. The molecule has 3 aromatic heterocycles. The molecule has 0 radical (unpaired) electrons. The zero-order valence-electron chi connectivity index (χ0n) is 15.1. The van der Waals surface area contributed by atoms with Crippen molar-refractivity contribution in [3.63, 3.8) is 0 Å². The molecule has 0 amide bonds. The largest absolute Gasteiger partial charge is 0.508 e. The summed E-state index contributed by atoms with van der Waals surface area (Å²) in [5.74, 6) is 1.50. The number of aromatic hydroxyl groups is 1. The van der Waals surface area contributed by atoms with Gasteiger partial charge in [-0.25, -0.2) is 15.0 Å². The van der Waals surface area contributed by atoms with Crippen LogP contribution in [0.1, 0.15) is 28.6 Å². The number of rotatable bonds is 4. The lowest BCUT2D eigenvalue weighted by atomic mass is 9.97. The lowest BCUT2D eigenvalue weighted by Gasteiger charge is -2.35. The number of fused-ring (bicyclic) bond motifs is 1. The van der Waals surface area contributed by atoms with Crippen molar-refractivity contribution in [2.45, 2.75) is 19.0 Å². The zero-order valence-corrected chi connectivity index (χ0v) is 15.1. The molecule has 7 heteroatoms. The van der Waals surface area contributed by atoms with E-state index in [1.165, 1.54) is 0 Å². The molecule has 5 rings (SSSR count). The van der Waals surface area contributed by atoms with Gasteiger partial charge in [-0.05, 0) is 18.2 Å². The van der Waals surface area contributed by atoms with Gasteiger partial charge in [0.05, 0.1) is 24.3 Å². The Bertz CT molecular complexity index is 1070. The van der Waals surface area contributed by atoms with Gasteiger partial charge >= 0.3 is 0 Å². The number of aromatic nitrogens is 4. The maximum atomic E-state index is 10.2. The highest BCUT2D eigenvalue weighted by atomic mass is 16.3. The minimum absolute atomic E-state index is 0.0831. The van der Waals surface area contributed by atoms with Crippen LogP contribution in [0.15, 0.2) is 65.8 Å². The standard InChI is InChI=1S/C21H19N5O2/c27-17-5-2-1-4-14(17)12-26-8-7-16-19(25-13-24-16)20(26)15-10-22-21(23-11-15)18-6-3-9-28-18/h1-6,9-11,13,20,27H,7-8,12H2,(H,24,25). The van der Waals surface area contributed by atoms with Crippen molar-refractivity contribution in [3.8, 4) is 17.3 Å². The first-order valence-electron chi connectivity index (χ1n) is 9.18.